The second-order valence-corrected chi connectivity index (χ2v) is 4.07. The van der Waals surface area contributed by atoms with E-state index in [1.165, 1.54) is 5.56 Å². The molecule has 0 saturated carbocycles. The number of nitriles is 1. The van der Waals surface area contributed by atoms with Crippen molar-refractivity contribution in [2.45, 2.75) is 19.4 Å². The van der Waals surface area contributed by atoms with Crippen molar-refractivity contribution in [1.82, 2.24) is 14.9 Å². The summed E-state index contributed by atoms with van der Waals surface area (Å²) in [6.45, 7) is 2.15. The van der Waals surface area contributed by atoms with Crippen LogP contribution in [0.2, 0.25) is 0 Å². The number of rotatable bonds is 4. The van der Waals surface area contributed by atoms with Crippen molar-refractivity contribution in [3.63, 3.8) is 0 Å². The third kappa shape index (κ3) is 2.27. The fourth-order valence-corrected chi connectivity index (χ4v) is 2.07. The Balaban J connectivity index is 2.31. The third-order valence-corrected chi connectivity index (χ3v) is 3.07. The quantitative estimate of drug-likeness (QED) is 0.892. The Morgan fingerprint density at radius 2 is 2.11 bits per heavy atom. The van der Waals surface area contributed by atoms with Gasteiger partial charge in [0.15, 0.2) is 0 Å². The van der Waals surface area contributed by atoms with Gasteiger partial charge in [-0.25, -0.2) is 4.98 Å². The van der Waals surface area contributed by atoms with Crippen LogP contribution in [0.1, 0.15) is 30.8 Å². The molecular formula is C14H16N4. The highest BCUT2D eigenvalue weighted by Gasteiger charge is 2.07. The first-order chi connectivity index (χ1) is 8.80. The summed E-state index contributed by atoms with van der Waals surface area (Å²) in [4.78, 5) is 3.99. The molecule has 0 fully saturated rings. The van der Waals surface area contributed by atoms with Crippen molar-refractivity contribution >= 4 is 0 Å². The van der Waals surface area contributed by atoms with Gasteiger partial charge in [0, 0.05) is 24.1 Å². The van der Waals surface area contributed by atoms with Crippen LogP contribution in [0.15, 0.2) is 36.7 Å². The zero-order chi connectivity index (χ0) is 13.0. The topological polar surface area (TPSA) is 53.6 Å². The second-order valence-electron chi connectivity index (χ2n) is 4.07. The Labute approximate surface area is 107 Å². The van der Waals surface area contributed by atoms with Crippen LogP contribution in [0.4, 0.5) is 0 Å². The number of imidazole rings is 1. The van der Waals surface area contributed by atoms with Gasteiger partial charge in [-0.15, -0.1) is 0 Å². The molecule has 4 heteroatoms. The Morgan fingerprint density at radius 3 is 2.67 bits per heavy atom. The van der Waals surface area contributed by atoms with E-state index in [0.717, 1.165) is 12.1 Å². The van der Waals surface area contributed by atoms with E-state index in [1.807, 2.05) is 19.2 Å². The maximum absolute atomic E-state index is 8.94. The molecule has 0 aliphatic heterocycles. The summed E-state index contributed by atoms with van der Waals surface area (Å²) in [6, 6.07) is 10.6. The number of nitrogens with zero attached hydrogens (tertiary/aromatic N) is 3. The maximum Gasteiger partial charge on any atom is 0.217 e. The predicted octanol–water partition coefficient (Wildman–Crippen LogP) is 2.41. The number of hydrogen-bond acceptors (Lipinski definition) is 3. The fraction of sp³-hybridized carbons (Fsp3) is 0.286. The summed E-state index contributed by atoms with van der Waals surface area (Å²) in [6.07, 6.45) is 4.47. The summed E-state index contributed by atoms with van der Waals surface area (Å²) in [7, 11) is 1.96. The first-order valence-electron chi connectivity index (χ1n) is 6.01. The SMILES string of the molecule is CCC(NC)c1ccc(-n2ccnc2C#N)cc1. The van der Waals surface area contributed by atoms with Crippen molar-refractivity contribution in [3.05, 3.63) is 48.0 Å². The van der Waals surface area contributed by atoms with E-state index in [1.54, 1.807) is 17.0 Å². The monoisotopic (exact) mass is 240 g/mol. The van der Waals surface area contributed by atoms with Crippen LogP contribution in [0, 0.1) is 11.3 Å². The molecule has 1 N–H and O–H groups in total. The zero-order valence-electron chi connectivity index (χ0n) is 10.6. The molecule has 0 bridgehead atoms. The lowest BCUT2D eigenvalue weighted by atomic mass is 10.0. The van der Waals surface area contributed by atoms with Gasteiger partial charge >= 0.3 is 0 Å². The summed E-state index contributed by atoms with van der Waals surface area (Å²) >= 11 is 0. The van der Waals surface area contributed by atoms with Crippen molar-refractivity contribution < 1.29 is 0 Å². The summed E-state index contributed by atoms with van der Waals surface area (Å²) < 4.78 is 1.78. The van der Waals surface area contributed by atoms with Crippen LogP contribution in [-0.4, -0.2) is 16.6 Å². The average molecular weight is 240 g/mol. The van der Waals surface area contributed by atoms with E-state index in [0.29, 0.717) is 11.9 Å². The molecule has 1 unspecified atom stereocenters. The lowest BCUT2D eigenvalue weighted by Gasteiger charge is -2.14. The molecule has 0 radical (unpaired) electrons. The van der Waals surface area contributed by atoms with E-state index in [-0.39, 0.29) is 0 Å². The molecule has 0 amide bonds. The van der Waals surface area contributed by atoms with Gasteiger partial charge < -0.3 is 5.32 Å². The van der Waals surface area contributed by atoms with Crippen molar-refractivity contribution in [3.8, 4) is 11.8 Å². The lowest BCUT2D eigenvalue weighted by molar-refractivity contribution is 0.577. The van der Waals surface area contributed by atoms with E-state index < -0.39 is 0 Å². The molecule has 1 atom stereocenters. The molecule has 0 saturated heterocycles. The minimum atomic E-state index is 0.372. The van der Waals surface area contributed by atoms with Gasteiger partial charge in [-0.05, 0) is 31.2 Å². The third-order valence-electron chi connectivity index (χ3n) is 3.07. The Hall–Kier alpha value is -2.12. The maximum atomic E-state index is 8.94. The van der Waals surface area contributed by atoms with Crippen molar-refractivity contribution in [2.24, 2.45) is 0 Å². The first-order valence-corrected chi connectivity index (χ1v) is 6.01. The smallest absolute Gasteiger partial charge is 0.217 e. The normalized spacial score (nSPS) is 12.1. The van der Waals surface area contributed by atoms with Gasteiger partial charge in [0.05, 0.1) is 0 Å². The molecule has 4 nitrogen and oxygen atoms in total. The molecule has 1 heterocycles. The van der Waals surface area contributed by atoms with Crippen molar-refractivity contribution in [1.29, 1.82) is 5.26 Å². The Bertz CT molecular complexity index is 544. The van der Waals surface area contributed by atoms with Crippen LogP contribution < -0.4 is 5.32 Å². The molecular weight excluding hydrogens is 224 g/mol. The minimum Gasteiger partial charge on any atom is -0.313 e. The number of nitrogens with one attached hydrogen (secondary N) is 1. The number of benzene rings is 1. The van der Waals surface area contributed by atoms with Crippen LogP contribution in [0.25, 0.3) is 5.69 Å². The van der Waals surface area contributed by atoms with Crippen LogP contribution in [-0.2, 0) is 0 Å². The zero-order valence-corrected chi connectivity index (χ0v) is 10.6. The minimum absolute atomic E-state index is 0.372. The fourth-order valence-electron chi connectivity index (χ4n) is 2.07. The van der Waals surface area contributed by atoms with Gasteiger partial charge in [-0.3, -0.25) is 4.57 Å². The van der Waals surface area contributed by atoms with E-state index in [4.69, 9.17) is 5.26 Å². The molecule has 0 spiro atoms. The van der Waals surface area contributed by atoms with Gasteiger partial charge in [0.25, 0.3) is 0 Å². The number of aromatic nitrogens is 2. The van der Waals surface area contributed by atoms with E-state index >= 15 is 0 Å². The second kappa shape index (κ2) is 5.48. The summed E-state index contributed by atoms with van der Waals surface area (Å²) in [5.41, 5.74) is 2.21. The standard InChI is InChI=1S/C14H16N4/c1-3-13(16-2)11-4-6-12(7-5-11)18-9-8-17-14(18)10-15/h4-9,13,16H,3H2,1-2H3. The first kappa shape index (κ1) is 12.3. The molecule has 0 aliphatic carbocycles. The highest BCUT2D eigenvalue weighted by Crippen LogP contribution is 2.18. The molecule has 2 rings (SSSR count). The molecule has 0 aliphatic rings. The lowest BCUT2D eigenvalue weighted by Crippen LogP contribution is -2.15. The molecule has 2 aromatic rings. The molecule has 1 aromatic carbocycles. The van der Waals surface area contributed by atoms with Crippen LogP contribution in [0.3, 0.4) is 0 Å². The van der Waals surface area contributed by atoms with E-state index in [2.05, 4.69) is 35.4 Å². The van der Waals surface area contributed by atoms with Gasteiger partial charge in [-0.2, -0.15) is 5.26 Å². The Morgan fingerprint density at radius 1 is 1.39 bits per heavy atom. The molecule has 92 valence electrons. The highest BCUT2D eigenvalue weighted by molar-refractivity contribution is 5.38. The average Bonchev–Trinajstić information content (AvgIpc) is 2.89. The van der Waals surface area contributed by atoms with E-state index in [9.17, 15) is 0 Å². The molecule has 18 heavy (non-hydrogen) atoms. The van der Waals surface area contributed by atoms with Gasteiger partial charge in [-0.1, -0.05) is 19.1 Å². The predicted molar refractivity (Wildman–Crippen MR) is 70.4 cm³/mol. The summed E-state index contributed by atoms with van der Waals surface area (Å²) in [5, 5.41) is 12.2. The number of hydrogen-bond donors (Lipinski definition) is 1. The largest absolute Gasteiger partial charge is 0.313 e. The van der Waals surface area contributed by atoms with Crippen LogP contribution >= 0.6 is 0 Å². The van der Waals surface area contributed by atoms with Gasteiger partial charge in [0.2, 0.25) is 5.82 Å². The highest BCUT2D eigenvalue weighted by atomic mass is 15.1. The van der Waals surface area contributed by atoms with Gasteiger partial charge in [0.1, 0.15) is 6.07 Å². The Kier molecular flexibility index (Phi) is 3.75. The van der Waals surface area contributed by atoms with Crippen LogP contribution in [0.5, 0.6) is 0 Å². The van der Waals surface area contributed by atoms with Crippen molar-refractivity contribution in [2.75, 3.05) is 7.05 Å². The summed E-state index contributed by atoms with van der Waals surface area (Å²) in [5.74, 6) is 0.406. The molecule has 1 aromatic heterocycles.